The standard InChI is InChI=1S/C28H24F2N8O2/c29-21-7-6-20(11-22(21)30)40-23-8-5-17(13-33-23)25-24-26(32)34-15-35-27(24)38(36-25)19-2-1-9-37(14-19)28(39)18(12-31)10-16-3-4-16/h5-8,10-11,13,15-16,19H,1-4,9,14H2,(H2,32,34,35). The van der Waals surface area contributed by atoms with Crippen molar-refractivity contribution >= 4 is 22.8 Å². The van der Waals surface area contributed by atoms with E-state index >= 15 is 0 Å². The molecule has 0 spiro atoms. The molecular weight excluding hydrogens is 518 g/mol. The number of halogens is 2. The Labute approximate surface area is 227 Å². The van der Waals surface area contributed by atoms with Crippen LogP contribution >= 0.6 is 0 Å². The van der Waals surface area contributed by atoms with E-state index in [1.807, 2.05) is 0 Å². The van der Waals surface area contributed by atoms with Gasteiger partial charge in [0.15, 0.2) is 17.3 Å². The third-order valence-electron chi connectivity index (χ3n) is 7.05. The van der Waals surface area contributed by atoms with E-state index < -0.39 is 11.6 Å². The molecule has 2 fully saturated rings. The summed E-state index contributed by atoms with van der Waals surface area (Å²) >= 11 is 0. The fraction of sp³-hybridized carbons (Fsp3) is 0.286. The van der Waals surface area contributed by atoms with E-state index in [1.54, 1.807) is 27.8 Å². The summed E-state index contributed by atoms with van der Waals surface area (Å²) in [6.07, 6.45) is 8.22. The molecule has 1 atom stereocenters. The summed E-state index contributed by atoms with van der Waals surface area (Å²) in [5.74, 6) is -1.40. The maximum Gasteiger partial charge on any atom is 0.264 e. The van der Waals surface area contributed by atoms with Gasteiger partial charge in [0.1, 0.15) is 35.2 Å². The molecule has 6 rings (SSSR count). The highest BCUT2D eigenvalue weighted by atomic mass is 19.2. The highest BCUT2D eigenvalue weighted by Crippen LogP contribution is 2.35. The van der Waals surface area contributed by atoms with Gasteiger partial charge in [-0.15, -0.1) is 0 Å². The van der Waals surface area contributed by atoms with Crippen molar-refractivity contribution in [1.29, 1.82) is 5.26 Å². The van der Waals surface area contributed by atoms with E-state index in [2.05, 4.69) is 21.0 Å². The zero-order chi connectivity index (χ0) is 27.8. The van der Waals surface area contributed by atoms with Crippen LogP contribution in [0.1, 0.15) is 31.7 Å². The van der Waals surface area contributed by atoms with Crippen LogP contribution in [-0.2, 0) is 4.79 Å². The molecule has 1 aromatic carbocycles. The Balaban J connectivity index is 1.29. The largest absolute Gasteiger partial charge is 0.439 e. The number of nitriles is 1. The summed E-state index contributed by atoms with van der Waals surface area (Å²) in [5.41, 5.74) is 8.10. The van der Waals surface area contributed by atoms with Gasteiger partial charge in [0, 0.05) is 37.0 Å². The minimum absolute atomic E-state index is 0.106. The quantitative estimate of drug-likeness (QED) is 0.277. The number of hydrogen-bond acceptors (Lipinski definition) is 8. The van der Waals surface area contributed by atoms with Crippen molar-refractivity contribution in [1.82, 2.24) is 29.6 Å². The number of amides is 1. The average molecular weight is 543 g/mol. The number of carbonyl (C=O) groups is 1. The van der Waals surface area contributed by atoms with Gasteiger partial charge in [-0.3, -0.25) is 4.79 Å². The second-order valence-corrected chi connectivity index (χ2v) is 9.89. The highest BCUT2D eigenvalue weighted by molar-refractivity contribution is 5.98. The number of allylic oxidation sites excluding steroid dienone is 1. The monoisotopic (exact) mass is 542 g/mol. The molecule has 10 nitrogen and oxygen atoms in total. The fourth-order valence-corrected chi connectivity index (χ4v) is 4.86. The zero-order valence-corrected chi connectivity index (χ0v) is 21.3. The second-order valence-electron chi connectivity index (χ2n) is 9.89. The zero-order valence-electron chi connectivity index (χ0n) is 21.3. The molecule has 202 valence electrons. The van der Waals surface area contributed by atoms with E-state index in [4.69, 9.17) is 15.6 Å². The number of likely N-dealkylation sites (tertiary alicyclic amines) is 1. The van der Waals surface area contributed by atoms with Gasteiger partial charge in [-0.05, 0) is 49.8 Å². The van der Waals surface area contributed by atoms with Gasteiger partial charge >= 0.3 is 0 Å². The van der Waals surface area contributed by atoms with Gasteiger partial charge in [0.2, 0.25) is 5.88 Å². The topological polar surface area (TPSA) is 136 Å². The number of aromatic nitrogens is 5. The van der Waals surface area contributed by atoms with Crippen LogP contribution in [0.15, 0.2) is 54.5 Å². The van der Waals surface area contributed by atoms with Crippen LogP contribution in [0.5, 0.6) is 11.6 Å². The molecule has 1 aliphatic heterocycles. The number of nitrogens with zero attached hydrogens (tertiary/aromatic N) is 7. The van der Waals surface area contributed by atoms with Crippen molar-refractivity contribution in [3.05, 3.63) is 66.1 Å². The van der Waals surface area contributed by atoms with Gasteiger partial charge < -0.3 is 15.4 Å². The lowest BCUT2D eigenvalue weighted by Gasteiger charge is -2.32. The third-order valence-corrected chi connectivity index (χ3v) is 7.05. The Hall–Kier alpha value is -4.92. The van der Waals surface area contributed by atoms with Crippen molar-refractivity contribution < 1.29 is 18.3 Å². The number of nitrogens with two attached hydrogens (primary N) is 1. The van der Waals surface area contributed by atoms with Crippen molar-refractivity contribution in [2.45, 2.75) is 31.7 Å². The lowest BCUT2D eigenvalue weighted by atomic mass is 10.0. The molecule has 12 heteroatoms. The van der Waals surface area contributed by atoms with Gasteiger partial charge in [0.05, 0.1) is 11.4 Å². The molecule has 2 N–H and O–H groups in total. The first kappa shape index (κ1) is 25.4. The number of rotatable bonds is 6. The van der Waals surface area contributed by atoms with Crippen LogP contribution in [0.3, 0.4) is 0 Å². The first-order chi connectivity index (χ1) is 19.4. The predicted molar refractivity (Wildman–Crippen MR) is 141 cm³/mol. The molecule has 1 aliphatic carbocycles. The van der Waals surface area contributed by atoms with Crippen molar-refractivity contribution in [3.63, 3.8) is 0 Å². The highest BCUT2D eigenvalue weighted by Gasteiger charge is 2.31. The molecule has 1 saturated carbocycles. The molecule has 1 saturated heterocycles. The molecule has 0 radical (unpaired) electrons. The normalized spacial score (nSPS) is 17.6. The molecule has 0 bridgehead atoms. The maximum absolute atomic E-state index is 13.5. The van der Waals surface area contributed by atoms with Crippen LogP contribution in [0.4, 0.5) is 14.6 Å². The maximum atomic E-state index is 13.5. The number of ether oxygens (including phenoxy) is 1. The smallest absolute Gasteiger partial charge is 0.264 e. The molecule has 4 heterocycles. The number of nitrogen functional groups attached to an aromatic ring is 1. The van der Waals surface area contributed by atoms with E-state index in [0.29, 0.717) is 41.3 Å². The first-order valence-corrected chi connectivity index (χ1v) is 12.9. The molecule has 1 amide bonds. The lowest BCUT2D eigenvalue weighted by molar-refractivity contribution is -0.128. The molecule has 4 aromatic rings. The van der Waals surface area contributed by atoms with E-state index in [9.17, 15) is 18.8 Å². The number of fused-ring (bicyclic) bond motifs is 1. The van der Waals surface area contributed by atoms with Crippen LogP contribution in [0.2, 0.25) is 0 Å². The van der Waals surface area contributed by atoms with E-state index in [0.717, 1.165) is 37.8 Å². The minimum atomic E-state index is -1.02. The summed E-state index contributed by atoms with van der Waals surface area (Å²) in [6.45, 7) is 0.938. The molecule has 3 aromatic heterocycles. The van der Waals surface area contributed by atoms with Gasteiger partial charge in [-0.2, -0.15) is 10.4 Å². The van der Waals surface area contributed by atoms with Crippen LogP contribution in [0.25, 0.3) is 22.3 Å². The van der Waals surface area contributed by atoms with E-state index in [1.165, 1.54) is 18.6 Å². The van der Waals surface area contributed by atoms with Crippen LogP contribution < -0.4 is 10.5 Å². The third kappa shape index (κ3) is 4.93. The van der Waals surface area contributed by atoms with E-state index in [-0.39, 0.29) is 35.0 Å². The first-order valence-electron chi connectivity index (χ1n) is 12.9. The number of benzene rings is 1. The predicted octanol–water partition coefficient (Wildman–Crippen LogP) is 4.56. The summed E-state index contributed by atoms with van der Waals surface area (Å²) in [4.78, 5) is 27.7. The summed E-state index contributed by atoms with van der Waals surface area (Å²) in [6, 6.07) is 8.41. The minimum Gasteiger partial charge on any atom is -0.439 e. The Morgan fingerprint density at radius 2 is 1.98 bits per heavy atom. The SMILES string of the molecule is N#CC(=CC1CC1)C(=O)N1CCCC(n2nc(-c3ccc(Oc4ccc(F)c(F)c4)nc3)c3c(N)ncnc32)C1. The molecule has 2 aliphatic rings. The number of anilines is 1. The van der Waals surface area contributed by atoms with Gasteiger partial charge in [-0.1, -0.05) is 6.08 Å². The van der Waals surface area contributed by atoms with Crippen LogP contribution in [-0.4, -0.2) is 48.6 Å². The van der Waals surface area contributed by atoms with Gasteiger partial charge in [-0.25, -0.2) is 28.4 Å². The Morgan fingerprint density at radius 3 is 2.70 bits per heavy atom. The number of carbonyl (C=O) groups excluding carboxylic acids is 1. The lowest BCUT2D eigenvalue weighted by Crippen LogP contribution is -2.41. The van der Waals surface area contributed by atoms with Crippen LogP contribution in [0, 0.1) is 28.9 Å². The van der Waals surface area contributed by atoms with Crippen molar-refractivity contribution in [3.8, 4) is 29.0 Å². The van der Waals surface area contributed by atoms with Gasteiger partial charge in [0.25, 0.3) is 5.91 Å². The second kappa shape index (κ2) is 10.3. The fourth-order valence-electron chi connectivity index (χ4n) is 4.86. The number of hydrogen-bond donors (Lipinski definition) is 1. The molecule has 40 heavy (non-hydrogen) atoms. The summed E-state index contributed by atoms with van der Waals surface area (Å²) in [5, 5.41) is 14.9. The molecule has 1 unspecified atom stereocenters. The number of piperidine rings is 1. The summed E-state index contributed by atoms with van der Waals surface area (Å²) < 4.78 is 34.1. The molecular formula is C28H24F2N8O2. The average Bonchev–Trinajstić information content (AvgIpc) is 3.71. The van der Waals surface area contributed by atoms with Crippen molar-refractivity contribution in [2.75, 3.05) is 18.8 Å². The summed E-state index contributed by atoms with van der Waals surface area (Å²) in [7, 11) is 0. The Kier molecular flexibility index (Phi) is 6.55. The Bertz CT molecular complexity index is 1670. The number of pyridine rings is 1. The Morgan fingerprint density at radius 1 is 1.12 bits per heavy atom. The van der Waals surface area contributed by atoms with Crippen molar-refractivity contribution in [2.24, 2.45) is 5.92 Å².